The largest absolute Gasteiger partial charge is 0.367 e. The number of fused-ring (bicyclic) bond motifs is 1. The lowest BCUT2D eigenvalue weighted by atomic mass is 10.0. The minimum Gasteiger partial charge on any atom is -0.367 e. The van der Waals surface area contributed by atoms with Gasteiger partial charge in [-0.1, -0.05) is 30.3 Å². The Balaban J connectivity index is 1.20. The summed E-state index contributed by atoms with van der Waals surface area (Å²) in [4.78, 5) is 10.8. The van der Waals surface area contributed by atoms with E-state index in [4.69, 9.17) is 0 Å². The molecule has 2 aliphatic rings. The van der Waals surface area contributed by atoms with E-state index in [0.29, 0.717) is 6.04 Å². The molecule has 152 valence electrons. The van der Waals surface area contributed by atoms with Crippen molar-refractivity contribution >= 4 is 16.6 Å². The predicted molar refractivity (Wildman–Crippen MR) is 117 cm³/mol. The van der Waals surface area contributed by atoms with E-state index in [-0.39, 0.29) is 5.82 Å². The highest BCUT2D eigenvalue weighted by Gasteiger charge is 2.29. The second kappa shape index (κ2) is 8.17. The first-order valence-electron chi connectivity index (χ1n) is 10.8. The van der Waals surface area contributed by atoms with Crippen molar-refractivity contribution in [2.24, 2.45) is 0 Å². The lowest BCUT2D eigenvalue weighted by Crippen LogP contribution is -2.55. The first-order valence-corrected chi connectivity index (χ1v) is 10.8. The molecule has 0 amide bonds. The third-order valence-corrected chi connectivity index (χ3v) is 6.57. The number of rotatable bonds is 4. The second-order valence-corrected chi connectivity index (χ2v) is 8.37. The Hall–Kier alpha value is -2.37. The molecule has 5 rings (SSSR count). The summed E-state index contributed by atoms with van der Waals surface area (Å²) >= 11 is 0. The molecule has 0 bridgehead atoms. The van der Waals surface area contributed by atoms with Gasteiger partial charge in [0.1, 0.15) is 5.82 Å². The Morgan fingerprint density at radius 3 is 2.59 bits per heavy atom. The molecule has 2 saturated heterocycles. The van der Waals surface area contributed by atoms with Gasteiger partial charge in [-0.05, 0) is 43.1 Å². The number of hydrogen-bond donors (Lipinski definition) is 1. The molecule has 2 fully saturated rings. The SMILES string of the molecule is Fc1ccccc1N1CCN(C2CCCN(Cc3c[nH]c4ccccc34)C2)CC1. The number of aromatic nitrogens is 1. The fourth-order valence-electron chi connectivity index (χ4n) is 5.01. The maximum atomic E-state index is 14.1. The van der Waals surface area contributed by atoms with Crippen molar-refractivity contribution in [3.63, 3.8) is 0 Å². The van der Waals surface area contributed by atoms with Crippen molar-refractivity contribution in [1.82, 2.24) is 14.8 Å². The number of piperidine rings is 1. The normalized spacial score (nSPS) is 21.7. The molecule has 4 nitrogen and oxygen atoms in total. The van der Waals surface area contributed by atoms with Crippen LogP contribution < -0.4 is 4.90 Å². The van der Waals surface area contributed by atoms with E-state index >= 15 is 0 Å². The smallest absolute Gasteiger partial charge is 0.146 e. The highest BCUT2D eigenvalue weighted by atomic mass is 19.1. The van der Waals surface area contributed by atoms with Crippen LogP contribution in [-0.2, 0) is 6.54 Å². The average Bonchev–Trinajstić information content (AvgIpc) is 3.17. The van der Waals surface area contributed by atoms with E-state index in [0.717, 1.165) is 45.0 Å². The van der Waals surface area contributed by atoms with E-state index in [2.05, 4.69) is 50.1 Å². The van der Waals surface area contributed by atoms with Crippen LogP contribution >= 0.6 is 0 Å². The van der Waals surface area contributed by atoms with Gasteiger partial charge in [0.05, 0.1) is 5.69 Å². The van der Waals surface area contributed by atoms with Gasteiger partial charge in [-0.3, -0.25) is 9.80 Å². The van der Waals surface area contributed by atoms with Crippen molar-refractivity contribution in [1.29, 1.82) is 0 Å². The van der Waals surface area contributed by atoms with Crippen LogP contribution in [0.5, 0.6) is 0 Å². The molecule has 1 N–H and O–H groups in total. The number of H-pyrrole nitrogens is 1. The third-order valence-electron chi connectivity index (χ3n) is 6.57. The topological polar surface area (TPSA) is 25.5 Å². The van der Waals surface area contributed by atoms with E-state index in [1.165, 1.54) is 35.9 Å². The number of para-hydroxylation sites is 2. The number of benzene rings is 2. The van der Waals surface area contributed by atoms with Gasteiger partial charge >= 0.3 is 0 Å². The first kappa shape index (κ1) is 18.6. The van der Waals surface area contributed by atoms with Crippen LogP contribution in [0.1, 0.15) is 18.4 Å². The van der Waals surface area contributed by atoms with Gasteiger partial charge in [0.2, 0.25) is 0 Å². The molecule has 1 atom stereocenters. The highest BCUT2D eigenvalue weighted by Crippen LogP contribution is 2.25. The van der Waals surface area contributed by atoms with Crippen molar-refractivity contribution in [2.45, 2.75) is 25.4 Å². The number of nitrogens with zero attached hydrogens (tertiary/aromatic N) is 3. The third kappa shape index (κ3) is 3.89. The quantitative estimate of drug-likeness (QED) is 0.724. The lowest BCUT2D eigenvalue weighted by Gasteiger charge is -2.44. The number of nitrogens with one attached hydrogen (secondary N) is 1. The molecule has 0 saturated carbocycles. The number of aromatic amines is 1. The van der Waals surface area contributed by atoms with Gasteiger partial charge in [0, 0.05) is 62.4 Å². The van der Waals surface area contributed by atoms with Gasteiger partial charge in [0.15, 0.2) is 0 Å². The maximum Gasteiger partial charge on any atom is 0.146 e. The zero-order valence-electron chi connectivity index (χ0n) is 16.9. The lowest BCUT2D eigenvalue weighted by molar-refractivity contribution is 0.0889. The molecule has 0 aliphatic carbocycles. The fourth-order valence-corrected chi connectivity index (χ4v) is 5.01. The van der Waals surface area contributed by atoms with Crippen LogP contribution in [0.4, 0.5) is 10.1 Å². The predicted octanol–water partition coefficient (Wildman–Crippen LogP) is 4.09. The Labute approximate surface area is 171 Å². The molecule has 0 radical (unpaired) electrons. The summed E-state index contributed by atoms with van der Waals surface area (Å²) in [6.07, 6.45) is 4.69. The van der Waals surface area contributed by atoms with Crippen molar-refractivity contribution in [2.75, 3.05) is 44.2 Å². The molecule has 2 aliphatic heterocycles. The van der Waals surface area contributed by atoms with Crippen LogP contribution in [-0.4, -0.2) is 60.1 Å². The van der Waals surface area contributed by atoms with Crippen molar-refractivity contribution < 1.29 is 4.39 Å². The van der Waals surface area contributed by atoms with Crippen LogP contribution in [0.3, 0.4) is 0 Å². The number of anilines is 1. The van der Waals surface area contributed by atoms with Crippen LogP contribution in [0.15, 0.2) is 54.7 Å². The molecule has 3 heterocycles. The molecular formula is C24H29FN4. The molecule has 1 unspecified atom stereocenters. The summed E-state index contributed by atoms with van der Waals surface area (Å²) < 4.78 is 14.1. The van der Waals surface area contributed by atoms with E-state index < -0.39 is 0 Å². The Morgan fingerprint density at radius 2 is 1.72 bits per heavy atom. The molecule has 2 aromatic carbocycles. The highest BCUT2D eigenvalue weighted by molar-refractivity contribution is 5.82. The van der Waals surface area contributed by atoms with E-state index in [1.807, 2.05) is 12.1 Å². The van der Waals surface area contributed by atoms with Gasteiger partial charge in [-0.25, -0.2) is 4.39 Å². The van der Waals surface area contributed by atoms with Crippen molar-refractivity contribution in [3.05, 3.63) is 66.1 Å². The summed E-state index contributed by atoms with van der Waals surface area (Å²) in [6.45, 7) is 7.14. The van der Waals surface area contributed by atoms with Gasteiger partial charge in [-0.2, -0.15) is 0 Å². The molecular weight excluding hydrogens is 363 g/mol. The van der Waals surface area contributed by atoms with Gasteiger partial charge in [-0.15, -0.1) is 0 Å². The summed E-state index contributed by atoms with van der Waals surface area (Å²) in [7, 11) is 0. The van der Waals surface area contributed by atoms with E-state index in [9.17, 15) is 4.39 Å². The summed E-state index contributed by atoms with van der Waals surface area (Å²) in [5.41, 5.74) is 3.36. The zero-order valence-corrected chi connectivity index (χ0v) is 16.9. The van der Waals surface area contributed by atoms with Crippen molar-refractivity contribution in [3.8, 4) is 0 Å². The number of hydrogen-bond acceptors (Lipinski definition) is 3. The molecule has 29 heavy (non-hydrogen) atoms. The average molecular weight is 393 g/mol. The first-order chi connectivity index (χ1) is 14.3. The molecule has 3 aromatic rings. The fraction of sp³-hybridized carbons (Fsp3) is 0.417. The summed E-state index contributed by atoms with van der Waals surface area (Å²) in [5, 5.41) is 1.34. The zero-order chi connectivity index (χ0) is 19.6. The minimum atomic E-state index is -0.108. The second-order valence-electron chi connectivity index (χ2n) is 8.37. The Morgan fingerprint density at radius 1 is 0.931 bits per heavy atom. The standard InChI is InChI=1S/C24H29FN4/c25-22-8-2-4-10-24(22)29-14-12-28(13-15-29)20-6-5-11-27(18-20)17-19-16-26-23-9-3-1-7-21(19)23/h1-4,7-10,16,20,26H,5-6,11-15,17-18H2. The van der Waals surface area contributed by atoms with Gasteiger partial charge < -0.3 is 9.88 Å². The van der Waals surface area contributed by atoms with Crippen LogP contribution in [0, 0.1) is 5.82 Å². The Kier molecular flexibility index (Phi) is 5.25. The van der Waals surface area contributed by atoms with Crippen LogP contribution in [0.25, 0.3) is 10.9 Å². The van der Waals surface area contributed by atoms with E-state index in [1.54, 1.807) is 12.1 Å². The summed E-state index contributed by atoms with van der Waals surface area (Å²) in [6, 6.07) is 16.3. The monoisotopic (exact) mass is 392 g/mol. The molecule has 0 spiro atoms. The van der Waals surface area contributed by atoms with Crippen LogP contribution in [0.2, 0.25) is 0 Å². The number of likely N-dealkylation sites (tertiary alicyclic amines) is 1. The minimum absolute atomic E-state index is 0.108. The Bertz CT molecular complexity index is 960. The number of halogens is 1. The molecule has 1 aromatic heterocycles. The number of piperazine rings is 1. The summed E-state index contributed by atoms with van der Waals surface area (Å²) in [5.74, 6) is -0.108. The maximum absolute atomic E-state index is 14.1. The van der Waals surface area contributed by atoms with Gasteiger partial charge in [0.25, 0.3) is 0 Å². The molecule has 5 heteroatoms.